The molecule has 0 atom stereocenters. The summed E-state index contributed by atoms with van der Waals surface area (Å²) in [6, 6.07) is 27.8. The molecular formula is C45H47NO12. The minimum absolute atomic E-state index is 0.187. The molecule has 0 aliphatic rings. The second kappa shape index (κ2) is 19.2. The van der Waals surface area contributed by atoms with E-state index < -0.39 is 11.7 Å². The Morgan fingerprint density at radius 3 is 1.41 bits per heavy atom. The molecule has 0 N–H and O–H groups in total. The average Bonchev–Trinajstić information content (AvgIpc) is 3.21. The van der Waals surface area contributed by atoms with Crippen LogP contribution in [0.3, 0.4) is 0 Å². The zero-order valence-corrected chi connectivity index (χ0v) is 33.2. The smallest absolute Gasteiger partial charge is 0.410 e. The predicted octanol–water partition coefficient (Wildman–Crippen LogP) is 7.98. The van der Waals surface area contributed by atoms with Crippen LogP contribution in [-0.2, 0) is 14.2 Å². The lowest BCUT2D eigenvalue weighted by Crippen LogP contribution is -2.40. The molecule has 6 rings (SSSR count). The van der Waals surface area contributed by atoms with Gasteiger partial charge in [-0.2, -0.15) is 0 Å². The van der Waals surface area contributed by atoms with Gasteiger partial charge in [0.25, 0.3) is 0 Å². The number of carbonyl (C=O) groups excluding carboxylic acids is 1. The van der Waals surface area contributed by atoms with Crippen LogP contribution in [0, 0.1) is 0 Å². The summed E-state index contributed by atoms with van der Waals surface area (Å²) < 4.78 is 51.4. The lowest BCUT2D eigenvalue weighted by atomic mass is 10.1. The lowest BCUT2D eigenvalue weighted by Gasteiger charge is -2.27. The van der Waals surface area contributed by atoms with E-state index >= 15 is 0 Å². The van der Waals surface area contributed by atoms with Crippen molar-refractivity contribution in [1.29, 1.82) is 0 Å². The van der Waals surface area contributed by atoms with Crippen molar-refractivity contribution in [3.8, 4) is 45.6 Å². The van der Waals surface area contributed by atoms with E-state index in [1.54, 1.807) is 65.6 Å². The van der Waals surface area contributed by atoms with E-state index in [0.29, 0.717) is 82.8 Å². The van der Waals surface area contributed by atoms with Crippen molar-refractivity contribution >= 4 is 28.0 Å². The van der Waals surface area contributed by atoms with Gasteiger partial charge in [0.15, 0.2) is 10.9 Å². The van der Waals surface area contributed by atoms with Crippen LogP contribution in [-0.4, -0.2) is 83.5 Å². The van der Waals surface area contributed by atoms with E-state index in [4.69, 9.17) is 42.0 Å². The highest BCUT2D eigenvalue weighted by Crippen LogP contribution is 2.29. The van der Waals surface area contributed by atoms with Crippen molar-refractivity contribution in [3.05, 3.63) is 118 Å². The zero-order chi connectivity index (χ0) is 41.1. The fourth-order valence-electron chi connectivity index (χ4n) is 6.02. The first-order valence-electron chi connectivity index (χ1n) is 18.8. The SMILES string of the molecule is COc1cccc2oc(-c3ccc(OCCOCCN(CCOCCOc4ccc(-c5cc(=O)c6c(OC)cccc6o5)cc4)C(=O)OC(C)(C)C)cc3)cc(=O)c12. The van der Waals surface area contributed by atoms with Crippen LogP contribution in [0.25, 0.3) is 44.6 Å². The highest BCUT2D eigenvalue weighted by Gasteiger charge is 2.22. The van der Waals surface area contributed by atoms with Gasteiger partial charge < -0.3 is 46.9 Å². The molecule has 6 aromatic rings. The summed E-state index contributed by atoms with van der Waals surface area (Å²) in [7, 11) is 3.03. The molecule has 0 aliphatic carbocycles. The Morgan fingerprint density at radius 2 is 1.02 bits per heavy atom. The Hall–Kier alpha value is -6.31. The maximum absolute atomic E-state index is 12.9. The van der Waals surface area contributed by atoms with Gasteiger partial charge in [-0.1, -0.05) is 12.1 Å². The van der Waals surface area contributed by atoms with Gasteiger partial charge in [-0.15, -0.1) is 0 Å². The Kier molecular flexibility index (Phi) is 13.7. The van der Waals surface area contributed by atoms with Gasteiger partial charge in [-0.05, 0) is 93.6 Å². The number of hydrogen-bond acceptors (Lipinski definition) is 12. The molecule has 0 saturated heterocycles. The Balaban J connectivity index is 0.910. The lowest BCUT2D eigenvalue weighted by molar-refractivity contribution is 0.00694. The summed E-state index contributed by atoms with van der Waals surface area (Å²) in [5, 5.41) is 0.801. The van der Waals surface area contributed by atoms with Crippen LogP contribution in [0.4, 0.5) is 4.79 Å². The topological polar surface area (TPSA) is 145 Å². The third-order valence-corrected chi connectivity index (χ3v) is 8.81. The summed E-state index contributed by atoms with van der Waals surface area (Å²) >= 11 is 0. The molecule has 58 heavy (non-hydrogen) atoms. The highest BCUT2D eigenvalue weighted by atomic mass is 16.6. The van der Waals surface area contributed by atoms with Crippen LogP contribution in [0.1, 0.15) is 20.8 Å². The number of nitrogens with zero attached hydrogens (tertiary/aromatic N) is 1. The van der Waals surface area contributed by atoms with Gasteiger partial charge in [-0.3, -0.25) is 9.59 Å². The Bertz CT molecular complexity index is 2260. The first-order valence-corrected chi connectivity index (χ1v) is 18.8. The first kappa shape index (κ1) is 41.3. The van der Waals surface area contributed by atoms with Crippen LogP contribution >= 0.6 is 0 Å². The number of methoxy groups -OCH3 is 2. The standard InChI is InChI=1S/C45H47NO12/c1-45(2,3)58-44(49)46(20-22-52-24-26-54-32-16-12-30(13-17-32)40-28-34(47)42-36(50-4)8-6-10-38(42)56-40)21-23-53-25-27-55-33-18-14-31(15-19-33)41-29-35(48)43-37(51-5)9-7-11-39(43)57-41/h6-19,28-29H,20-27H2,1-5H3. The van der Waals surface area contributed by atoms with Gasteiger partial charge in [0.05, 0.1) is 40.6 Å². The van der Waals surface area contributed by atoms with E-state index in [-0.39, 0.29) is 37.3 Å². The molecule has 0 radical (unpaired) electrons. The second-order valence-electron chi connectivity index (χ2n) is 14.1. The van der Waals surface area contributed by atoms with Gasteiger partial charge >= 0.3 is 6.09 Å². The Labute approximate surface area is 335 Å². The molecule has 1 amide bonds. The zero-order valence-electron chi connectivity index (χ0n) is 33.2. The number of ether oxygens (including phenoxy) is 7. The predicted molar refractivity (Wildman–Crippen MR) is 219 cm³/mol. The molecular weight excluding hydrogens is 746 g/mol. The number of benzene rings is 4. The van der Waals surface area contributed by atoms with Crippen LogP contribution in [0.5, 0.6) is 23.0 Å². The van der Waals surface area contributed by atoms with Crippen molar-refractivity contribution in [3.63, 3.8) is 0 Å². The van der Waals surface area contributed by atoms with Crippen LogP contribution < -0.4 is 29.8 Å². The number of carbonyl (C=O) groups is 1. The van der Waals surface area contributed by atoms with E-state index in [1.165, 1.54) is 26.4 Å². The third-order valence-electron chi connectivity index (χ3n) is 8.81. The quantitative estimate of drug-likeness (QED) is 0.0778. The van der Waals surface area contributed by atoms with Crippen molar-refractivity contribution in [2.24, 2.45) is 0 Å². The monoisotopic (exact) mass is 793 g/mol. The highest BCUT2D eigenvalue weighted by molar-refractivity contribution is 5.85. The minimum atomic E-state index is -0.662. The number of hydrogen-bond donors (Lipinski definition) is 0. The molecule has 0 spiro atoms. The molecule has 0 unspecified atom stereocenters. The summed E-state index contributed by atoms with van der Waals surface area (Å²) in [6.45, 7) is 7.74. The van der Waals surface area contributed by atoms with Crippen molar-refractivity contribution in [1.82, 2.24) is 4.90 Å². The third kappa shape index (κ3) is 10.7. The second-order valence-corrected chi connectivity index (χ2v) is 14.1. The molecule has 13 heteroatoms. The molecule has 4 aromatic carbocycles. The summed E-state index contributed by atoms with van der Waals surface area (Å²) in [5.74, 6) is 3.07. The number of fused-ring (bicyclic) bond motifs is 2. The van der Waals surface area contributed by atoms with Crippen molar-refractivity contribution in [2.75, 3.05) is 67.0 Å². The van der Waals surface area contributed by atoms with E-state index in [9.17, 15) is 14.4 Å². The molecule has 13 nitrogen and oxygen atoms in total. The fraction of sp³-hybridized carbons (Fsp3) is 0.311. The molecule has 0 saturated carbocycles. The maximum Gasteiger partial charge on any atom is 0.410 e. The van der Waals surface area contributed by atoms with Crippen LogP contribution in [0.15, 0.2) is 115 Å². The van der Waals surface area contributed by atoms with Crippen LogP contribution in [0.2, 0.25) is 0 Å². The molecule has 0 bridgehead atoms. The molecule has 304 valence electrons. The van der Waals surface area contributed by atoms with Crippen molar-refractivity contribution in [2.45, 2.75) is 26.4 Å². The normalized spacial score (nSPS) is 11.4. The van der Waals surface area contributed by atoms with E-state index in [0.717, 1.165) is 11.1 Å². The minimum Gasteiger partial charge on any atom is -0.496 e. The largest absolute Gasteiger partial charge is 0.496 e. The summed E-state index contributed by atoms with van der Waals surface area (Å²) in [4.78, 5) is 40.0. The summed E-state index contributed by atoms with van der Waals surface area (Å²) in [5.41, 5.74) is 1.31. The van der Waals surface area contributed by atoms with Gasteiger partial charge in [0, 0.05) is 36.3 Å². The fourth-order valence-corrected chi connectivity index (χ4v) is 6.02. The number of rotatable bonds is 18. The average molecular weight is 794 g/mol. The number of amides is 1. The summed E-state index contributed by atoms with van der Waals surface area (Å²) in [6.07, 6.45) is -0.463. The van der Waals surface area contributed by atoms with E-state index in [2.05, 4.69) is 0 Å². The van der Waals surface area contributed by atoms with Gasteiger partial charge in [0.2, 0.25) is 0 Å². The molecule has 0 fully saturated rings. The van der Waals surface area contributed by atoms with Gasteiger partial charge in [0.1, 0.15) is 75.3 Å². The maximum atomic E-state index is 12.9. The molecule has 0 aliphatic heterocycles. The van der Waals surface area contributed by atoms with E-state index in [1.807, 2.05) is 45.0 Å². The van der Waals surface area contributed by atoms with Gasteiger partial charge in [-0.25, -0.2) is 4.79 Å². The molecule has 2 aromatic heterocycles. The Morgan fingerprint density at radius 1 is 0.586 bits per heavy atom. The first-order chi connectivity index (χ1) is 28.0. The van der Waals surface area contributed by atoms with Crippen molar-refractivity contribution < 1.29 is 46.8 Å². The molecule has 2 heterocycles.